The van der Waals surface area contributed by atoms with Crippen molar-refractivity contribution >= 4 is 39.4 Å². The molecule has 0 spiro atoms. The first kappa shape index (κ1) is 19.5. The van der Waals surface area contributed by atoms with Crippen LogP contribution in [0.1, 0.15) is 31.2 Å². The second kappa shape index (κ2) is 7.77. The molecule has 1 heterocycles. The predicted octanol–water partition coefficient (Wildman–Crippen LogP) is 3.52. The number of nitrogens with zero attached hydrogens (tertiary/aromatic N) is 3. The van der Waals surface area contributed by atoms with Crippen LogP contribution in [0.15, 0.2) is 52.0 Å². The van der Waals surface area contributed by atoms with Gasteiger partial charge in [-0.3, -0.25) is 19.7 Å². The van der Waals surface area contributed by atoms with Crippen LogP contribution in [0.4, 0.5) is 5.69 Å². The number of nitro groups is 1. The van der Waals surface area contributed by atoms with E-state index in [1.807, 2.05) is 0 Å². The molecule has 0 aromatic heterocycles. The molecule has 144 valence electrons. The number of benzene rings is 2. The van der Waals surface area contributed by atoms with Crippen LogP contribution in [0.2, 0.25) is 0 Å². The number of hydrazone groups is 1. The molecular weight excluding hydrogens is 434 g/mol. The fourth-order valence-corrected chi connectivity index (χ4v) is 2.93. The first-order chi connectivity index (χ1) is 13.3. The van der Waals surface area contributed by atoms with Gasteiger partial charge in [-0.15, -0.1) is 5.10 Å². The number of carbonyl (C=O) groups excluding carboxylic acids is 2. The van der Waals surface area contributed by atoms with Crippen LogP contribution in [0.3, 0.4) is 0 Å². The van der Waals surface area contributed by atoms with Crippen LogP contribution in [-0.2, 0) is 14.3 Å². The lowest BCUT2D eigenvalue weighted by Gasteiger charge is -2.19. The minimum absolute atomic E-state index is 0.0797. The van der Waals surface area contributed by atoms with Gasteiger partial charge in [0.15, 0.2) is 0 Å². The van der Waals surface area contributed by atoms with Crippen LogP contribution in [-0.4, -0.2) is 27.7 Å². The lowest BCUT2D eigenvalue weighted by molar-refractivity contribution is -0.384. The number of amides is 1. The molecule has 1 aliphatic rings. The lowest BCUT2D eigenvalue weighted by Crippen LogP contribution is -2.25. The van der Waals surface area contributed by atoms with Gasteiger partial charge in [-0.05, 0) is 30.3 Å². The zero-order chi connectivity index (χ0) is 20.4. The summed E-state index contributed by atoms with van der Waals surface area (Å²) in [5.41, 5.74) is 0.796. The number of ether oxygens (including phenoxy) is 2. The summed E-state index contributed by atoms with van der Waals surface area (Å²) >= 11 is 3.34. The van der Waals surface area contributed by atoms with E-state index in [0.29, 0.717) is 15.6 Å². The third kappa shape index (κ3) is 4.01. The summed E-state index contributed by atoms with van der Waals surface area (Å²) in [6.45, 7) is 2.59. The Hall–Kier alpha value is -3.27. The van der Waals surface area contributed by atoms with E-state index in [1.165, 1.54) is 38.1 Å². The Morgan fingerprint density at radius 3 is 2.46 bits per heavy atom. The van der Waals surface area contributed by atoms with Crippen molar-refractivity contribution in [3.8, 4) is 5.75 Å². The van der Waals surface area contributed by atoms with Crippen LogP contribution in [0.25, 0.3) is 0 Å². The molecule has 2 aromatic rings. The SMILES string of the molecule is CC(=O)Oc1ccc(Br)cc1C1=NN(C(C)=O)[C@H](c2ccc([N+](=O)[O-])cc2)O1. The third-order valence-electron chi connectivity index (χ3n) is 3.78. The molecule has 0 fully saturated rings. The van der Waals surface area contributed by atoms with Crippen molar-refractivity contribution in [2.45, 2.75) is 20.1 Å². The van der Waals surface area contributed by atoms with Gasteiger partial charge < -0.3 is 9.47 Å². The van der Waals surface area contributed by atoms with E-state index < -0.39 is 17.1 Å². The molecule has 0 saturated heterocycles. The van der Waals surface area contributed by atoms with E-state index in [0.717, 1.165) is 5.01 Å². The highest BCUT2D eigenvalue weighted by molar-refractivity contribution is 9.10. The number of non-ortho nitro benzene ring substituents is 1. The van der Waals surface area contributed by atoms with Gasteiger partial charge in [-0.25, -0.2) is 0 Å². The average Bonchev–Trinajstić information content (AvgIpc) is 3.08. The molecule has 0 bridgehead atoms. The molecule has 0 unspecified atom stereocenters. The summed E-state index contributed by atoms with van der Waals surface area (Å²) < 4.78 is 11.7. The van der Waals surface area contributed by atoms with Gasteiger partial charge >= 0.3 is 5.97 Å². The molecule has 0 aliphatic carbocycles. The summed E-state index contributed by atoms with van der Waals surface area (Å²) in [5, 5.41) is 16.2. The van der Waals surface area contributed by atoms with E-state index in [4.69, 9.17) is 9.47 Å². The van der Waals surface area contributed by atoms with Crippen LogP contribution in [0.5, 0.6) is 5.75 Å². The minimum Gasteiger partial charge on any atom is -0.446 e. The predicted molar refractivity (Wildman–Crippen MR) is 101 cm³/mol. The van der Waals surface area contributed by atoms with Crippen molar-refractivity contribution in [2.75, 3.05) is 0 Å². The van der Waals surface area contributed by atoms with Crippen molar-refractivity contribution in [3.05, 3.63) is 68.2 Å². The lowest BCUT2D eigenvalue weighted by atomic mass is 10.1. The van der Waals surface area contributed by atoms with Gasteiger partial charge in [-0.2, -0.15) is 5.01 Å². The molecule has 10 heteroatoms. The van der Waals surface area contributed by atoms with E-state index in [-0.39, 0.29) is 23.2 Å². The molecule has 0 radical (unpaired) electrons. The summed E-state index contributed by atoms with van der Waals surface area (Å²) in [6.07, 6.45) is -0.905. The Labute approximate surface area is 167 Å². The number of halogens is 1. The quantitative estimate of drug-likeness (QED) is 0.306. The Kier molecular flexibility index (Phi) is 5.41. The normalized spacial score (nSPS) is 15.6. The highest BCUT2D eigenvalue weighted by Gasteiger charge is 2.34. The maximum absolute atomic E-state index is 12.0. The summed E-state index contributed by atoms with van der Waals surface area (Å²) in [7, 11) is 0. The second-order valence-electron chi connectivity index (χ2n) is 5.82. The van der Waals surface area contributed by atoms with Gasteiger partial charge in [-0.1, -0.05) is 15.9 Å². The average molecular weight is 448 g/mol. The molecule has 0 N–H and O–H groups in total. The highest BCUT2D eigenvalue weighted by Crippen LogP contribution is 2.34. The molecule has 3 rings (SSSR count). The van der Waals surface area contributed by atoms with Crippen LogP contribution < -0.4 is 4.74 Å². The fourth-order valence-electron chi connectivity index (χ4n) is 2.57. The van der Waals surface area contributed by atoms with Crippen molar-refractivity contribution in [2.24, 2.45) is 5.10 Å². The molecule has 0 saturated carbocycles. The van der Waals surface area contributed by atoms with Crippen molar-refractivity contribution < 1.29 is 24.0 Å². The zero-order valence-electron chi connectivity index (χ0n) is 14.8. The van der Waals surface area contributed by atoms with Gasteiger partial charge in [0, 0.05) is 36.0 Å². The van der Waals surface area contributed by atoms with Gasteiger partial charge in [0.25, 0.3) is 5.69 Å². The minimum atomic E-state index is -0.905. The van der Waals surface area contributed by atoms with Crippen LogP contribution >= 0.6 is 15.9 Å². The van der Waals surface area contributed by atoms with Gasteiger partial charge in [0.2, 0.25) is 18.0 Å². The Morgan fingerprint density at radius 1 is 1.21 bits per heavy atom. The molecule has 9 nitrogen and oxygen atoms in total. The third-order valence-corrected chi connectivity index (χ3v) is 4.27. The maximum atomic E-state index is 12.0. The molecule has 1 amide bonds. The van der Waals surface area contributed by atoms with E-state index >= 15 is 0 Å². The summed E-state index contributed by atoms with van der Waals surface area (Å²) in [6, 6.07) is 10.5. The van der Waals surface area contributed by atoms with E-state index in [9.17, 15) is 19.7 Å². The smallest absolute Gasteiger partial charge is 0.308 e. The molecule has 2 aromatic carbocycles. The standard InChI is InChI=1S/C18H14BrN3O6/c1-10(23)21-18(12-3-6-14(7-4-12)22(25)26)28-17(20-21)15-9-13(19)5-8-16(15)27-11(2)24/h3-9,18H,1-2H3/t18-/m0/s1. The maximum Gasteiger partial charge on any atom is 0.308 e. The Bertz CT molecular complexity index is 989. The highest BCUT2D eigenvalue weighted by atomic mass is 79.9. The first-order valence-electron chi connectivity index (χ1n) is 8.04. The Morgan fingerprint density at radius 2 is 1.89 bits per heavy atom. The number of hydrogen-bond donors (Lipinski definition) is 0. The van der Waals surface area contributed by atoms with Crippen LogP contribution in [0, 0.1) is 10.1 Å². The first-order valence-corrected chi connectivity index (χ1v) is 8.83. The topological polar surface area (TPSA) is 111 Å². The van der Waals surface area contributed by atoms with Gasteiger partial charge in [0.1, 0.15) is 5.75 Å². The second-order valence-corrected chi connectivity index (χ2v) is 6.74. The van der Waals surface area contributed by atoms with Gasteiger partial charge in [0.05, 0.1) is 10.5 Å². The molecule has 1 aliphatic heterocycles. The van der Waals surface area contributed by atoms with Crippen molar-refractivity contribution in [3.63, 3.8) is 0 Å². The number of nitro benzene ring substituents is 1. The summed E-state index contributed by atoms with van der Waals surface area (Å²) in [5.74, 6) is -0.599. The number of rotatable bonds is 4. The monoisotopic (exact) mass is 447 g/mol. The number of esters is 1. The number of hydrogen-bond acceptors (Lipinski definition) is 7. The van der Waals surface area contributed by atoms with Crippen molar-refractivity contribution in [1.82, 2.24) is 5.01 Å². The van der Waals surface area contributed by atoms with E-state index in [2.05, 4.69) is 21.0 Å². The zero-order valence-corrected chi connectivity index (χ0v) is 16.4. The Balaban J connectivity index is 1.98. The molecular formula is C18H14BrN3O6. The van der Waals surface area contributed by atoms with E-state index in [1.54, 1.807) is 18.2 Å². The molecule has 28 heavy (non-hydrogen) atoms. The summed E-state index contributed by atoms with van der Waals surface area (Å²) in [4.78, 5) is 33.7. The molecule has 1 atom stereocenters. The fraction of sp³-hybridized carbons (Fsp3) is 0.167. The van der Waals surface area contributed by atoms with Crippen molar-refractivity contribution in [1.29, 1.82) is 0 Å². The number of carbonyl (C=O) groups is 2. The largest absolute Gasteiger partial charge is 0.446 e.